The molecule has 15 nitrogen and oxygen atoms in total. The predicted molar refractivity (Wildman–Crippen MR) is 109 cm³/mol. The van der Waals surface area contributed by atoms with E-state index in [1.54, 1.807) is 0 Å². The molecule has 0 aromatic heterocycles. The third kappa shape index (κ3) is 22.7. The van der Waals surface area contributed by atoms with Gasteiger partial charge in [-0.05, 0) is 78.4 Å². The van der Waals surface area contributed by atoms with Crippen LogP contribution >= 0.6 is 0 Å². The van der Waals surface area contributed by atoms with Gasteiger partial charge in [0, 0.05) is 31.8 Å². The Hall–Kier alpha value is -0.529. The van der Waals surface area contributed by atoms with Gasteiger partial charge < -0.3 is 23.0 Å². The van der Waals surface area contributed by atoms with Crippen LogP contribution in [0.25, 0.3) is 0 Å². The van der Waals surface area contributed by atoms with Crippen molar-refractivity contribution in [3.8, 4) is 0 Å². The lowest BCUT2D eigenvalue weighted by atomic mass is 10.5. The largest absolute Gasteiger partial charge is 0.512 e. The molecule has 192 valence electrons. The molecule has 0 unspecified atom stereocenters. The zero-order chi connectivity index (χ0) is 24.3. The van der Waals surface area contributed by atoms with E-state index in [1.165, 1.54) is 0 Å². The normalized spacial score (nSPS) is 13.2. The molecule has 0 saturated carbocycles. The van der Waals surface area contributed by atoms with Crippen LogP contribution in [-0.2, 0) is 68.1 Å². The van der Waals surface area contributed by atoms with Crippen molar-refractivity contribution in [2.45, 2.75) is 58.3 Å². The first-order chi connectivity index (χ1) is 15.0. The van der Waals surface area contributed by atoms with Crippen LogP contribution in [-0.4, -0.2) is 50.1 Å². The molecule has 0 aliphatic rings. The Bertz CT molecular complexity index is 455. The quantitative estimate of drug-likeness (QED) is 0.0719. The molecule has 0 fully saturated rings. The Morgan fingerprint density at radius 1 is 0.625 bits per heavy atom. The lowest BCUT2D eigenvalue weighted by molar-refractivity contribution is -0.853. The fourth-order valence-electron chi connectivity index (χ4n) is 2.31. The van der Waals surface area contributed by atoms with Crippen molar-refractivity contribution >= 4 is 25.2 Å². The molecule has 0 radical (unpaired) electrons. The average molecular weight is 527 g/mol. The van der Waals surface area contributed by atoms with Gasteiger partial charge in [-0.15, -0.1) is 0 Å². The van der Waals surface area contributed by atoms with Gasteiger partial charge in [0.1, 0.15) is 12.9 Å². The van der Waals surface area contributed by atoms with Crippen molar-refractivity contribution in [1.29, 1.82) is 0 Å². The van der Waals surface area contributed by atoms with Crippen LogP contribution in [0.15, 0.2) is 12.5 Å². The third-order valence-electron chi connectivity index (χ3n) is 2.70. The summed E-state index contributed by atoms with van der Waals surface area (Å²) >= 11 is 0. The van der Waals surface area contributed by atoms with E-state index in [0.717, 1.165) is 12.5 Å². The lowest BCUT2D eigenvalue weighted by Gasteiger charge is -2.38. The van der Waals surface area contributed by atoms with Crippen molar-refractivity contribution in [1.82, 2.24) is 0 Å². The monoisotopic (exact) mass is 526 g/mol. The zero-order valence-corrected chi connectivity index (χ0v) is 22.4. The summed E-state index contributed by atoms with van der Waals surface area (Å²) in [7, 11) is -5.68. The molecule has 0 amide bonds. The number of rotatable bonds is 22. The van der Waals surface area contributed by atoms with Gasteiger partial charge in [0.25, 0.3) is 0 Å². The van der Waals surface area contributed by atoms with Crippen LogP contribution in [0.5, 0.6) is 0 Å². The predicted octanol–water partition coefficient (Wildman–Crippen LogP) is 3.53. The summed E-state index contributed by atoms with van der Waals surface area (Å²) in [6.45, 7) is 16.0. The minimum absolute atomic E-state index is 0.0583. The van der Waals surface area contributed by atoms with E-state index in [-0.39, 0.29) is 13.2 Å². The first-order valence-electron chi connectivity index (χ1n) is 9.53. The van der Waals surface area contributed by atoms with Crippen molar-refractivity contribution < 1.29 is 73.2 Å². The molecule has 0 aromatic rings. The Balaban J connectivity index is 3.60. The average Bonchev–Trinajstić information content (AvgIpc) is 2.64. The van der Waals surface area contributed by atoms with Crippen molar-refractivity contribution in [2.75, 3.05) is 19.8 Å². The van der Waals surface area contributed by atoms with Crippen molar-refractivity contribution in [3.05, 3.63) is 12.5 Å². The van der Waals surface area contributed by atoms with E-state index >= 15 is 0 Å². The van der Waals surface area contributed by atoms with E-state index in [4.69, 9.17) is 18.1 Å². The fraction of sp³-hybridized carbons (Fsp3) is 0.857. The molecule has 0 aliphatic carbocycles. The first-order valence-corrected chi connectivity index (χ1v) is 18.9. The third-order valence-corrected chi connectivity index (χ3v) is 12.3. The van der Waals surface area contributed by atoms with Gasteiger partial charge in [0.2, 0.25) is 0 Å². The number of ether oxygens (including phenoxy) is 1. The molecule has 0 saturated heterocycles. The number of hydrogen-bond donors (Lipinski definition) is 1. The maximum absolute atomic E-state index is 8.16. The van der Waals surface area contributed by atoms with Crippen molar-refractivity contribution in [2.24, 2.45) is 0 Å². The maximum Gasteiger partial charge on any atom is 0.314 e. The van der Waals surface area contributed by atoms with Crippen LogP contribution in [0.4, 0.5) is 0 Å². The molecule has 0 aromatic carbocycles. The van der Waals surface area contributed by atoms with Gasteiger partial charge in [-0.1, -0.05) is 0 Å². The second kappa shape index (κ2) is 17.9. The first kappa shape index (κ1) is 31.5. The van der Waals surface area contributed by atoms with E-state index in [2.05, 4.69) is 101 Å². The molecule has 0 heterocycles. The summed E-state index contributed by atoms with van der Waals surface area (Å²) in [5, 5.41) is 42.5. The van der Waals surface area contributed by atoms with E-state index in [1.807, 2.05) is 0 Å². The van der Waals surface area contributed by atoms with Gasteiger partial charge in [-0.2, -0.15) is 0 Å². The second-order valence-electron chi connectivity index (χ2n) is 8.09. The molecule has 32 heavy (non-hydrogen) atoms. The SMILES string of the molecule is C[Si](C)(C)O[Si](C)(CCCOCCOOOOOOOOOOO/C=C\O)O[Si](C)(C)C. The highest BCUT2D eigenvalue weighted by molar-refractivity contribution is 6.87. The number of aliphatic hydroxyl groups is 1. The molecule has 0 spiro atoms. The lowest BCUT2D eigenvalue weighted by Crippen LogP contribution is -2.52. The summed E-state index contributed by atoms with van der Waals surface area (Å²) in [4.78, 5) is 8.58. The Labute approximate surface area is 189 Å². The topological polar surface area (TPSA) is 149 Å². The summed E-state index contributed by atoms with van der Waals surface area (Å²) in [6, 6.07) is 0.850. The smallest absolute Gasteiger partial charge is 0.314 e. The Morgan fingerprint density at radius 3 is 1.62 bits per heavy atom. The summed E-state index contributed by atoms with van der Waals surface area (Å²) < 4.78 is 18.3. The molecule has 0 atom stereocenters. The summed E-state index contributed by atoms with van der Waals surface area (Å²) in [6.07, 6.45) is 2.05. The van der Waals surface area contributed by atoms with Gasteiger partial charge in [0.15, 0.2) is 22.9 Å². The minimum atomic E-state index is -2.26. The molecule has 18 heteroatoms. The van der Waals surface area contributed by atoms with Gasteiger partial charge in [-0.25, -0.2) is 4.89 Å². The van der Waals surface area contributed by atoms with Gasteiger partial charge in [-0.3, -0.25) is 0 Å². The highest BCUT2D eigenvalue weighted by atomic mass is 28.5. The van der Waals surface area contributed by atoms with Gasteiger partial charge >= 0.3 is 8.56 Å². The van der Waals surface area contributed by atoms with Crippen LogP contribution in [0, 0.1) is 0 Å². The Morgan fingerprint density at radius 2 is 1.12 bits per heavy atom. The molecular formula is C14H34O15Si3. The van der Waals surface area contributed by atoms with E-state index in [0.29, 0.717) is 19.1 Å². The fourth-order valence-corrected chi connectivity index (χ4v) is 14.8. The molecular weight excluding hydrogens is 492 g/mol. The molecule has 0 rings (SSSR count). The molecule has 0 aliphatic heterocycles. The highest BCUT2D eigenvalue weighted by Gasteiger charge is 2.39. The highest BCUT2D eigenvalue weighted by Crippen LogP contribution is 2.25. The second-order valence-corrected chi connectivity index (χ2v) is 20.9. The van der Waals surface area contributed by atoms with Crippen molar-refractivity contribution in [3.63, 3.8) is 0 Å². The molecule has 1 N–H and O–H groups in total. The number of hydrogen-bond acceptors (Lipinski definition) is 15. The van der Waals surface area contributed by atoms with Crippen LogP contribution in [0.1, 0.15) is 6.42 Å². The summed E-state index contributed by atoms with van der Waals surface area (Å²) in [5.41, 5.74) is 0. The van der Waals surface area contributed by atoms with Crippen LogP contribution < -0.4 is 0 Å². The maximum atomic E-state index is 8.16. The van der Waals surface area contributed by atoms with Crippen LogP contribution in [0.2, 0.25) is 51.9 Å². The van der Waals surface area contributed by atoms with E-state index in [9.17, 15) is 0 Å². The Kier molecular flexibility index (Phi) is 17.6. The standard InChI is InChI=1S/C14H34O15Si3/c1-30(2,3)28-32(7,29-31(4,5)6)14-8-10-16-12-13-18-20-22-24-26-27-25-23-21-19-17-11-9-15/h9,11,15H,8,10,12-14H2,1-7H3/b11-9-. The molecule has 0 bridgehead atoms. The van der Waals surface area contributed by atoms with Gasteiger partial charge in [0.05, 0.1) is 6.61 Å². The summed E-state index contributed by atoms with van der Waals surface area (Å²) in [5.74, 6) is 0. The van der Waals surface area contributed by atoms with Crippen LogP contribution in [0.3, 0.4) is 0 Å². The minimum Gasteiger partial charge on any atom is -0.512 e. The van der Waals surface area contributed by atoms with E-state index < -0.39 is 25.2 Å². The zero-order valence-electron chi connectivity index (χ0n) is 19.4. The number of aliphatic hydroxyl groups excluding tert-OH is 1.